The number of amides is 1. The summed E-state index contributed by atoms with van der Waals surface area (Å²) in [5.74, 6) is -1.56. The number of hydrogen-bond donors (Lipinski definition) is 4. The maximum absolute atomic E-state index is 13.1. The first-order chi connectivity index (χ1) is 16.4. The van der Waals surface area contributed by atoms with E-state index in [-0.39, 0.29) is 28.7 Å². The fraction of sp³-hybridized carbons (Fsp3) is 0.200. The molecule has 1 aliphatic heterocycles. The second-order valence-corrected chi connectivity index (χ2v) is 8.34. The van der Waals surface area contributed by atoms with Crippen LogP contribution in [0.15, 0.2) is 58.9 Å². The molecule has 0 atom stereocenters. The Balaban J connectivity index is 1.38. The summed E-state index contributed by atoms with van der Waals surface area (Å²) < 4.78 is 0. The number of hydrogen-bond acceptors (Lipinski definition) is 6. The number of carbonyl (C=O) groups is 2. The fourth-order valence-electron chi connectivity index (χ4n) is 4.31. The van der Waals surface area contributed by atoms with Crippen LogP contribution in [0.25, 0.3) is 11.1 Å². The molecule has 0 saturated carbocycles. The number of aromatic nitrogens is 1. The van der Waals surface area contributed by atoms with Crippen molar-refractivity contribution in [2.24, 2.45) is 10.2 Å². The highest BCUT2D eigenvalue weighted by Crippen LogP contribution is 2.36. The zero-order valence-electron chi connectivity index (χ0n) is 18.5. The molecule has 1 aromatic heterocycles. The first kappa shape index (κ1) is 21.4. The van der Waals surface area contributed by atoms with Gasteiger partial charge in [0.05, 0.1) is 17.1 Å². The van der Waals surface area contributed by atoms with E-state index in [9.17, 15) is 14.7 Å². The number of nitrogens with zero attached hydrogens (tertiary/aromatic N) is 3. The second kappa shape index (κ2) is 8.51. The SMILES string of the molecule is CC1=NN(c2ccc3c(c2)CCCC3)C(=O)/C1=N\Nc1cccc(-c2c[nH]c(C(=O)O)c2)c1O. The molecule has 0 unspecified atom stereocenters. The first-order valence-corrected chi connectivity index (χ1v) is 11.0. The van der Waals surface area contributed by atoms with Crippen LogP contribution in [0.3, 0.4) is 0 Å². The lowest BCUT2D eigenvalue weighted by atomic mass is 9.91. The molecule has 9 heteroatoms. The highest BCUT2D eigenvalue weighted by molar-refractivity contribution is 6.71. The molecule has 172 valence electrons. The molecule has 0 spiro atoms. The van der Waals surface area contributed by atoms with Crippen LogP contribution < -0.4 is 10.4 Å². The fourth-order valence-corrected chi connectivity index (χ4v) is 4.31. The van der Waals surface area contributed by atoms with E-state index >= 15 is 0 Å². The average molecular weight is 457 g/mol. The Hall–Kier alpha value is -4.40. The van der Waals surface area contributed by atoms with Crippen molar-refractivity contribution in [1.29, 1.82) is 0 Å². The van der Waals surface area contributed by atoms with Crippen molar-refractivity contribution >= 4 is 34.7 Å². The number of anilines is 2. The summed E-state index contributed by atoms with van der Waals surface area (Å²) in [6, 6.07) is 12.4. The van der Waals surface area contributed by atoms with Gasteiger partial charge in [-0.25, -0.2) is 4.79 Å². The number of phenolic OH excluding ortho intramolecular Hbond substituents is 1. The number of fused-ring (bicyclic) bond motifs is 1. The van der Waals surface area contributed by atoms with E-state index in [2.05, 4.69) is 26.7 Å². The molecule has 2 aromatic carbocycles. The van der Waals surface area contributed by atoms with Gasteiger partial charge in [-0.2, -0.15) is 15.2 Å². The number of para-hydroxylation sites is 1. The van der Waals surface area contributed by atoms with E-state index in [4.69, 9.17) is 5.11 Å². The quantitative estimate of drug-likeness (QED) is 0.338. The van der Waals surface area contributed by atoms with Gasteiger partial charge >= 0.3 is 11.9 Å². The lowest BCUT2D eigenvalue weighted by molar-refractivity contribution is -0.112. The second-order valence-electron chi connectivity index (χ2n) is 8.34. The Morgan fingerprint density at radius 3 is 2.71 bits per heavy atom. The van der Waals surface area contributed by atoms with E-state index in [1.54, 1.807) is 25.1 Å². The summed E-state index contributed by atoms with van der Waals surface area (Å²) in [7, 11) is 0. The third-order valence-corrected chi connectivity index (χ3v) is 6.11. The number of carboxylic acid groups (broad SMARTS) is 1. The lowest BCUT2D eigenvalue weighted by Gasteiger charge is -2.19. The molecule has 0 bridgehead atoms. The van der Waals surface area contributed by atoms with Crippen LogP contribution in [-0.2, 0) is 17.6 Å². The van der Waals surface area contributed by atoms with Crippen LogP contribution in [0.2, 0.25) is 0 Å². The Bertz CT molecular complexity index is 1370. The van der Waals surface area contributed by atoms with Crippen LogP contribution in [0.1, 0.15) is 41.4 Å². The smallest absolute Gasteiger partial charge is 0.352 e. The van der Waals surface area contributed by atoms with Gasteiger partial charge in [-0.05, 0) is 68.0 Å². The number of rotatable bonds is 5. The number of phenols is 1. The lowest BCUT2D eigenvalue weighted by Crippen LogP contribution is -2.28. The van der Waals surface area contributed by atoms with Gasteiger partial charge in [-0.1, -0.05) is 18.2 Å². The van der Waals surface area contributed by atoms with Crippen molar-refractivity contribution in [1.82, 2.24) is 4.98 Å². The van der Waals surface area contributed by atoms with Crippen LogP contribution in [-0.4, -0.2) is 38.5 Å². The van der Waals surface area contributed by atoms with Gasteiger partial charge in [-0.3, -0.25) is 10.2 Å². The topological polar surface area (TPSA) is 130 Å². The van der Waals surface area contributed by atoms with E-state index in [1.807, 2.05) is 12.1 Å². The van der Waals surface area contributed by atoms with Gasteiger partial charge in [0.2, 0.25) is 0 Å². The predicted octanol–water partition coefficient (Wildman–Crippen LogP) is 4.15. The van der Waals surface area contributed by atoms with E-state index < -0.39 is 5.97 Å². The highest BCUT2D eigenvalue weighted by Gasteiger charge is 2.31. The van der Waals surface area contributed by atoms with E-state index in [0.717, 1.165) is 19.3 Å². The largest absolute Gasteiger partial charge is 0.505 e. The third-order valence-electron chi connectivity index (χ3n) is 6.11. The molecular weight excluding hydrogens is 434 g/mol. The van der Waals surface area contributed by atoms with Gasteiger partial charge in [0.15, 0.2) is 5.71 Å². The normalized spacial score (nSPS) is 16.5. The summed E-state index contributed by atoms with van der Waals surface area (Å²) in [4.78, 5) is 26.9. The number of aromatic amines is 1. The molecule has 0 fully saturated rings. The highest BCUT2D eigenvalue weighted by atomic mass is 16.4. The van der Waals surface area contributed by atoms with Gasteiger partial charge in [0.25, 0.3) is 0 Å². The Morgan fingerprint density at radius 1 is 1.15 bits per heavy atom. The number of benzene rings is 2. The number of H-pyrrole nitrogens is 1. The zero-order valence-corrected chi connectivity index (χ0v) is 18.5. The molecule has 2 aliphatic rings. The van der Waals surface area contributed by atoms with E-state index in [0.29, 0.717) is 22.5 Å². The molecule has 3 aromatic rings. The predicted molar refractivity (Wildman–Crippen MR) is 130 cm³/mol. The number of hydrazone groups is 2. The molecule has 5 rings (SSSR count). The number of carboxylic acids is 1. The standard InChI is InChI=1S/C25H23N5O4/c1-14-22(24(32)30(29-14)18-10-9-15-5-2-3-6-16(15)11-18)28-27-20-8-4-7-19(23(20)31)17-12-21(25(33)34)26-13-17/h4,7-13,26-27,31H,2-3,5-6H2,1H3,(H,33,34)/b28-22-. The number of aromatic carboxylic acids is 1. The number of carbonyl (C=O) groups excluding carboxylic acids is 1. The Morgan fingerprint density at radius 2 is 1.94 bits per heavy atom. The van der Waals surface area contributed by atoms with Crippen LogP contribution in [0.4, 0.5) is 11.4 Å². The van der Waals surface area contributed by atoms with Gasteiger partial charge in [0.1, 0.15) is 11.4 Å². The van der Waals surface area contributed by atoms with Gasteiger partial charge in [-0.15, -0.1) is 0 Å². The van der Waals surface area contributed by atoms with Gasteiger partial charge in [0, 0.05) is 17.3 Å². The van der Waals surface area contributed by atoms with Crippen LogP contribution in [0, 0.1) is 0 Å². The van der Waals surface area contributed by atoms with Crippen molar-refractivity contribution in [2.45, 2.75) is 32.6 Å². The van der Waals surface area contributed by atoms with Gasteiger partial charge < -0.3 is 15.2 Å². The molecule has 34 heavy (non-hydrogen) atoms. The summed E-state index contributed by atoms with van der Waals surface area (Å²) >= 11 is 0. The molecule has 0 radical (unpaired) electrons. The zero-order chi connectivity index (χ0) is 23.8. The molecule has 9 nitrogen and oxygen atoms in total. The monoisotopic (exact) mass is 457 g/mol. The Kier molecular flexibility index (Phi) is 5.37. The average Bonchev–Trinajstić information content (AvgIpc) is 3.43. The molecule has 1 aliphatic carbocycles. The van der Waals surface area contributed by atoms with Crippen molar-refractivity contribution in [3.05, 3.63) is 65.5 Å². The summed E-state index contributed by atoms with van der Waals surface area (Å²) in [5.41, 5.74) is 7.89. The molecule has 1 amide bonds. The minimum absolute atomic E-state index is 0.0127. The molecule has 0 saturated heterocycles. The van der Waals surface area contributed by atoms with Crippen molar-refractivity contribution < 1.29 is 19.8 Å². The minimum Gasteiger partial charge on any atom is -0.505 e. The van der Waals surface area contributed by atoms with Crippen molar-refractivity contribution in [3.63, 3.8) is 0 Å². The number of aryl methyl sites for hydroxylation is 2. The summed E-state index contributed by atoms with van der Waals surface area (Å²) in [6.45, 7) is 1.71. The first-order valence-electron chi connectivity index (χ1n) is 11.0. The molecular formula is C25H23N5O4. The maximum atomic E-state index is 13.1. The summed E-state index contributed by atoms with van der Waals surface area (Å²) in [5, 5.41) is 29.8. The molecule has 2 heterocycles. The molecule has 4 N–H and O–H groups in total. The Labute approximate surface area is 195 Å². The minimum atomic E-state index is -1.09. The van der Waals surface area contributed by atoms with E-state index in [1.165, 1.54) is 34.8 Å². The maximum Gasteiger partial charge on any atom is 0.352 e. The van der Waals surface area contributed by atoms with Crippen molar-refractivity contribution in [2.75, 3.05) is 10.4 Å². The van der Waals surface area contributed by atoms with Crippen LogP contribution >= 0.6 is 0 Å². The number of aromatic hydroxyl groups is 1. The summed E-state index contributed by atoms with van der Waals surface area (Å²) in [6.07, 6.45) is 5.90. The van der Waals surface area contributed by atoms with Crippen molar-refractivity contribution in [3.8, 4) is 16.9 Å². The third kappa shape index (κ3) is 3.81. The number of nitrogens with one attached hydrogen (secondary N) is 2. The van der Waals surface area contributed by atoms with Crippen LogP contribution in [0.5, 0.6) is 5.75 Å².